The molecule has 4 heterocycles. The van der Waals surface area contributed by atoms with E-state index in [0.717, 1.165) is 16.2 Å². The van der Waals surface area contributed by atoms with Gasteiger partial charge in [0.05, 0.1) is 55.8 Å². The van der Waals surface area contributed by atoms with Crippen molar-refractivity contribution in [1.82, 2.24) is 40.8 Å². The number of nitrogens with zero attached hydrogens (tertiary/aromatic N) is 4. The zero-order chi connectivity index (χ0) is 48.1. The molecule has 0 aliphatic carbocycles. The summed E-state index contributed by atoms with van der Waals surface area (Å²) in [6.45, 7) is 6.05. The summed E-state index contributed by atoms with van der Waals surface area (Å²) >= 11 is 0. The number of amides is 8. The zero-order valence-electron chi connectivity index (χ0n) is 38.2. The standard InChI is InChI=1S/C49H53N9O10/c1-49(2)41-36(27-57(49)48(65)51-37(28-56(3)4)29-9-6-5-7-10-29)42(55-54-41)53-44(61)31-15-13-30(14-16-31)43(60)50-19-20-66-21-22-67-23-24-68-33-25-32-11-8-12-34-40(32)35(26-33)47(64)58(46(34)63)38-17-18-39(59)52-45(38)62/h5-16,25-26,37-38H,17-24,27-28H2,1-4H3,(H,50,60)(H,51,65)(H,52,59,62)(H2,53,54,55,61)/t37-,38?/m1/s1. The van der Waals surface area contributed by atoms with E-state index in [1.54, 1.807) is 59.5 Å². The van der Waals surface area contributed by atoms with Crippen molar-refractivity contribution < 1.29 is 47.8 Å². The Hall–Kier alpha value is -7.48. The van der Waals surface area contributed by atoms with Crippen LogP contribution >= 0.6 is 0 Å². The average Bonchev–Trinajstić information content (AvgIpc) is 3.85. The normalized spacial score (nSPS) is 16.7. The third kappa shape index (κ3) is 9.95. The highest BCUT2D eigenvalue weighted by Gasteiger charge is 2.45. The minimum Gasteiger partial charge on any atom is -0.491 e. The number of fused-ring (bicyclic) bond motifs is 1. The lowest BCUT2D eigenvalue weighted by Gasteiger charge is -2.34. The fourth-order valence-corrected chi connectivity index (χ4v) is 8.68. The fourth-order valence-electron chi connectivity index (χ4n) is 8.68. The van der Waals surface area contributed by atoms with Gasteiger partial charge in [-0.3, -0.25) is 44.1 Å². The summed E-state index contributed by atoms with van der Waals surface area (Å²) in [6, 6.07) is 22.8. The van der Waals surface area contributed by atoms with E-state index in [2.05, 4.69) is 31.5 Å². The van der Waals surface area contributed by atoms with Gasteiger partial charge in [-0.1, -0.05) is 42.5 Å². The van der Waals surface area contributed by atoms with E-state index in [-0.39, 0.29) is 82.5 Å². The second kappa shape index (κ2) is 20.2. The Kier molecular flexibility index (Phi) is 14.0. The van der Waals surface area contributed by atoms with Crippen LogP contribution in [0.2, 0.25) is 0 Å². The van der Waals surface area contributed by atoms with Crippen molar-refractivity contribution >= 4 is 58.1 Å². The average molecular weight is 928 g/mol. The van der Waals surface area contributed by atoms with Crippen LogP contribution < -0.4 is 26.0 Å². The van der Waals surface area contributed by atoms with Crippen molar-refractivity contribution in [2.75, 3.05) is 65.5 Å². The number of carbonyl (C=O) groups excluding carboxylic acids is 7. The summed E-state index contributed by atoms with van der Waals surface area (Å²) in [5, 5.41) is 19.6. The van der Waals surface area contributed by atoms with E-state index < -0.39 is 41.1 Å². The summed E-state index contributed by atoms with van der Waals surface area (Å²) in [5.74, 6) is -2.40. The molecule has 5 N–H and O–H groups in total. The monoisotopic (exact) mass is 927 g/mol. The van der Waals surface area contributed by atoms with Gasteiger partial charge in [0.25, 0.3) is 23.6 Å². The minimum atomic E-state index is -1.09. The van der Waals surface area contributed by atoms with E-state index in [1.807, 2.05) is 63.2 Å². The molecule has 68 heavy (non-hydrogen) atoms. The van der Waals surface area contributed by atoms with Gasteiger partial charge in [0.15, 0.2) is 5.82 Å². The number of urea groups is 1. The number of carbonyl (C=O) groups is 7. The van der Waals surface area contributed by atoms with Crippen molar-refractivity contribution in [1.29, 1.82) is 0 Å². The Labute approximate surface area is 391 Å². The van der Waals surface area contributed by atoms with Gasteiger partial charge in [-0.15, -0.1) is 0 Å². The first kappa shape index (κ1) is 47.0. The Balaban J connectivity index is 0.742. The molecule has 5 aromatic rings. The molecule has 1 aromatic heterocycles. The van der Waals surface area contributed by atoms with Crippen LogP contribution in [-0.4, -0.2) is 133 Å². The number of anilines is 1. The van der Waals surface area contributed by atoms with Crippen molar-refractivity contribution in [3.8, 4) is 5.75 Å². The highest BCUT2D eigenvalue weighted by atomic mass is 16.5. The molecule has 3 aliphatic heterocycles. The largest absolute Gasteiger partial charge is 0.491 e. The fraction of sp³-hybridized carbons (Fsp3) is 0.347. The molecule has 0 bridgehead atoms. The summed E-state index contributed by atoms with van der Waals surface area (Å²) < 4.78 is 17.1. The van der Waals surface area contributed by atoms with Crippen molar-refractivity contribution in [2.24, 2.45) is 0 Å². The van der Waals surface area contributed by atoms with Gasteiger partial charge in [0, 0.05) is 47.2 Å². The third-order valence-corrected chi connectivity index (χ3v) is 12.2. The predicted octanol–water partition coefficient (Wildman–Crippen LogP) is 4.12. The van der Waals surface area contributed by atoms with Gasteiger partial charge in [-0.2, -0.15) is 5.10 Å². The molecule has 1 unspecified atom stereocenters. The second-order valence-corrected chi connectivity index (χ2v) is 17.4. The van der Waals surface area contributed by atoms with E-state index in [9.17, 15) is 33.6 Å². The third-order valence-electron chi connectivity index (χ3n) is 12.2. The smallest absolute Gasteiger partial charge is 0.319 e. The molecule has 8 rings (SSSR count). The molecule has 0 spiro atoms. The number of ether oxygens (including phenoxy) is 3. The molecule has 4 aromatic carbocycles. The molecule has 19 nitrogen and oxygen atoms in total. The van der Waals surface area contributed by atoms with Gasteiger partial charge < -0.3 is 40.0 Å². The number of hydrogen-bond acceptors (Lipinski definition) is 12. The van der Waals surface area contributed by atoms with Crippen molar-refractivity contribution in [3.05, 3.63) is 124 Å². The molecule has 1 fully saturated rings. The Morgan fingerprint density at radius 2 is 1.53 bits per heavy atom. The first-order valence-electron chi connectivity index (χ1n) is 22.3. The Bertz CT molecular complexity index is 2760. The summed E-state index contributed by atoms with van der Waals surface area (Å²) in [7, 11) is 3.91. The topological polar surface area (TPSA) is 234 Å². The number of imide groups is 2. The van der Waals surface area contributed by atoms with E-state index in [0.29, 0.717) is 51.1 Å². The van der Waals surface area contributed by atoms with Crippen LogP contribution in [0.15, 0.2) is 84.9 Å². The lowest BCUT2D eigenvalue weighted by molar-refractivity contribution is -0.136. The van der Waals surface area contributed by atoms with Crippen LogP contribution in [0.4, 0.5) is 10.6 Å². The molecule has 2 atom stereocenters. The maximum absolute atomic E-state index is 13.7. The predicted molar refractivity (Wildman–Crippen MR) is 248 cm³/mol. The van der Waals surface area contributed by atoms with Crippen LogP contribution in [0.5, 0.6) is 5.75 Å². The van der Waals surface area contributed by atoms with E-state index in [1.165, 1.54) is 0 Å². The number of benzene rings is 4. The van der Waals surface area contributed by atoms with Gasteiger partial charge in [0.2, 0.25) is 11.8 Å². The molecular formula is C49H53N9O10. The maximum Gasteiger partial charge on any atom is 0.319 e. The van der Waals surface area contributed by atoms with Crippen LogP contribution in [0.3, 0.4) is 0 Å². The molecule has 3 aliphatic rings. The molecule has 0 saturated carbocycles. The lowest BCUT2D eigenvalue weighted by atomic mass is 9.91. The molecule has 19 heteroatoms. The van der Waals surface area contributed by atoms with E-state index in [4.69, 9.17) is 14.2 Å². The van der Waals surface area contributed by atoms with E-state index >= 15 is 0 Å². The zero-order valence-corrected chi connectivity index (χ0v) is 38.2. The summed E-state index contributed by atoms with van der Waals surface area (Å²) in [5.41, 5.74) is 2.90. The molecule has 0 radical (unpaired) electrons. The van der Waals surface area contributed by atoms with Crippen molar-refractivity contribution in [3.63, 3.8) is 0 Å². The van der Waals surface area contributed by atoms with Crippen LogP contribution in [-0.2, 0) is 31.1 Å². The quantitative estimate of drug-likeness (QED) is 0.0617. The van der Waals surface area contributed by atoms with Gasteiger partial charge in [0.1, 0.15) is 18.4 Å². The molecule has 8 amide bonds. The number of rotatable bonds is 18. The number of nitrogens with one attached hydrogen (secondary N) is 5. The number of aromatic amines is 1. The van der Waals surface area contributed by atoms with Crippen LogP contribution in [0.25, 0.3) is 10.8 Å². The minimum absolute atomic E-state index is 0.0194. The molecule has 354 valence electrons. The number of likely N-dealkylation sites (N-methyl/N-ethyl adjacent to an activating group) is 1. The Morgan fingerprint density at radius 3 is 2.25 bits per heavy atom. The van der Waals surface area contributed by atoms with Gasteiger partial charge in [-0.05, 0) is 87.8 Å². The molecule has 1 saturated heterocycles. The summed E-state index contributed by atoms with van der Waals surface area (Å²) in [4.78, 5) is 95.9. The number of hydrogen-bond donors (Lipinski definition) is 5. The van der Waals surface area contributed by atoms with Crippen LogP contribution in [0.1, 0.15) is 91.0 Å². The Morgan fingerprint density at radius 1 is 0.838 bits per heavy atom. The SMILES string of the molecule is CN(C)C[C@@H](NC(=O)N1Cc2c(NC(=O)c3ccc(C(=O)NCCOCCOCCOc4cc5c6c(cccc6c4)C(=O)N(C4CCC(=O)NC4=O)C5=O)cc3)n[nH]c2C1(C)C)c1ccccc1. The highest BCUT2D eigenvalue weighted by Crippen LogP contribution is 2.41. The highest BCUT2D eigenvalue weighted by molar-refractivity contribution is 6.27. The number of piperidine rings is 1. The summed E-state index contributed by atoms with van der Waals surface area (Å²) in [6.07, 6.45) is 0.0682. The second-order valence-electron chi connectivity index (χ2n) is 17.4. The molecular weight excluding hydrogens is 875 g/mol. The van der Waals surface area contributed by atoms with Crippen molar-refractivity contribution in [2.45, 2.75) is 50.9 Å². The van der Waals surface area contributed by atoms with Gasteiger partial charge in [-0.25, -0.2) is 4.79 Å². The van der Waals surface area contributed by atoms with Crippen LogP contribution in [0, 0.1) is 0 Å². The lowest BCUT2D eigenvalue weighted by Crippen LogP contribution is -2.57. The number of H-pyrrole nitrogens is 1. The maximum atomic E-state index is 13.7. The first-order chi connectivity index (χ1) is 32.7. The number of aromatic nitrogens is 2. The first-order valence-corrected chi connectivity index (χ1v) is 22.3. The van der Waals surface area contributed by atoms with Gasteiger partial charge >= 0.3 is 6.03 Å².